The summed E-state index contributed by atoms with van der Waals surface area (Å²) in [6, 6.07) is 11.6. The lowest BCUT2D eigenvalue weighted by atomic mass is 10.1. The van der Waals surface area contributed by atoms with Crippen LogP contribution in [-0.4, -0.2) is 20.1 Å². The molecule has 0 radical (unpaired) electrons. The zero-order valence-electron chi connectivity index (χ0n) is 14.8. The highest BCUT2D eigenvalue weighted by molar-refractivity contribution is 7.09. The second-order valence-corrected chi connectivity index (χ2v) is 8.31. The Balaban J connectivity index is 1.49. The van der Waals surface area contributed by atoms with Crippen molar-refractivity contribution < 1.29 is 4.79 Å². The van der Waals surface area contributed by atoms with E-state index in [-0.39, 0.29) is 24.1 Å². The number of thiophene rings is 1. The Kier molecular flexibility index (Phi) is 5.27. The maximum absolute atomic E-state index is 12.8. The quantitative estimate of drug-likeness (QED) is 0.563. The number of carbonyl (C=O) groups is 1. The molecule has 27 heavy (non-hydrogen) atoms. The second kappa shape index (κ2) is 7.82. The fraction of sp³-hybridized carbons (Fsp3) is 0.350. The molecule has 1 saturated carbocycles. The van der Waals surface area contributed by atoms with Gasteiger partial charge in [-0.05, 0) is 61.4 Å². The fourth-order valence-electron chi connectivity index (χ4n) is 3.14. The van der Waals surface area contributed by atoms with Gasteiger partial charge in [0, 0.05) is 27.9 Å². The molecular formula is C20H20ClN3O2S. The molecule has 1 aliphatic rings. The first-order valence-corrected chi connectivity index (χ1v) is 10.4. The molecule has 3 aromatic rings. The number of aromatic nitrogens is 3. The molecule has 1 fully saturated rings. The molecule has 1 aliphatic carbocycles. The maximum Gasteiger partial charge on any atom is 0.346 e. The summed E-state index contributed by atoms with van der Waals surface area (Å²) in [4.78, 5) is 26.4. The van der Waals surface area contributed by atoms with Crippen molar-refractivity contribution in [1.29, 1.82) is 0 Å². The Hall–Kier alpha value is -2.18. The van der Waals surface area contributed by atoms with E-state index in [1.807, 2.05) is 23.6 Å². The number of carbonyl (C=O) groups excluding carboxylic acids is 1. The van der Waals surface area contributed by atoms with Crippen molar-refractivity contribution in [3.8, 4) is 11.4 Å². The monoisotopic (exact) mass is 401 g/mol. The van der Waals surface area contributed by atoms with Crippen LogP contribution in [-0.2, 0) is 17.8 Å². The molecule has 0 amide bonds. The smallest absolute Gasteiger partial charge is 0.298 e. The lowest BCUT2D eigenvalue weighted by molar-refractivity contribution is -0.119. The summed E-state index contributed by atoms with van der Waals surface area (Å²) in [7, 11) is 0. The van der Waals surface area contributed by atoms with E-state index in [0.29, 0.717) is 17.3 Å². The van der Waals surface area contributed by atoms with E-state index in [2.05, 4.69) is 11.2 Å². The van der Waals surface area contributed by atoms with Crippen molar-refractivity contribution in [1.82, 2.24) is 14.3 Å². The largest absolute Gasteiger partial charge is 0.346 e. The second-order valence-electron chi connectivity index (χ2n) is 6.84. The molecule has 0 spiro atoms. The molecule has 1 aromatic carbocycles. The number of halogens is 1. The lowest BCUT2D eigenvalue weighted by Crippen LogP contribution is -2.27. The van der Waals surface area contributed by atoms with E-state index in [1.165, 1.54) is 9.56 Å². The minimum Gasteiger partial charge on any atom is -0.298 e. The number of aryl methyl sites for hydroxylation is 1. The number of hydrogen-bond donors (Lipinski definition) is 0. The maximum atomic E-state index is 12.8. The zero-order valence-corrected chi connectivity index (χ0v) is 16.4. The van der Waals surface area contributed by atoms with Crippen LogP contribution < -0.4 is 5.69 Å². The predicted molar refractivity (Wildman–Crippen MR) is 107 cm³/mol. The third-order valence-corrected chi connectivity index (χ3v) is 5.86. The number of benzene rings is 1. The molecule has 0 unspecified atom stereocenters. The van der Waals surface area contributed by atoms with Gasteiger partial charge in [-0.1, -0.05) is 17.7 Å². The first-order chi connectivity index (χ1) is 13.1. The summed E-state index contributed by atoms with van der Waals surface area (Å²) in [5.41, 5.74) is 0.640. The van der Waals surface area contributed by atoms with E-state index < -0.39 is 0 Å². The number of Topliss-reactive ketones (excluding diaryl/α,β-unsaturated/α-hetero) is 1. The van der Waals surface area contributed by atoms with Gasteiger partial charge in [0.2, 0.25) is 0 Å². The van der Waals surface area contributed by atoms with Crippen LogP contribution in [0.15, 0.2) is 46.6 Å². The number of rotatable bonds is 8. The minimum absolute atomic E-state index is 0.0313. The summed E-state index contributed by atoms with van der Waals surface area (Å²) in [5.74, 6) is 0.655. The molecule has 140 valence electrons. The minimum atomic E-state index is -0.200. The van der Waals surface area contributed by atoms with Crippen LogP contribution in [0, 0.1) is 0 Å². The van der Waals surface area contributed by atoms with Gasteiger partial charge >= 0.3 is 5.69 Å². The highest BCUT2D eigenvalue weighted by Crippen LogP contribution is 2.36. The number of ketones is 1. The molecule has 2 heterocycles. The van der Waals surface area contributed by atoms with Crippen LogP contribution in [0.25, 0.3) is 11.4 Å². The Morgan fingerprint density at radius 2 is 2.00 bits per heavy atom. The van der Waals surface area contributed by atoms with Crippen molar-refractivity contribution >= 4 is 28.7 Å². The normalized spacial score (nSPS) is 13.8. The molecule has 2 aromatic heterocycles. The van der Waals surface area contributed by atoms with Gasteiger partial charge < -0.3 is 0 Å². The third-order valence-electron chi connectivity index (χ3n) is 4.67. The molecule has 5 nitrogen and oxygen atoms in total. The van der Waals surface area contributed by atoms with Crippen LogP contribution in [0.3, 0.4) is 0 Å². The fourth-order valence-corrected chi connectivity index (χ4v) is 4.02. The van der Waals surface area contributed by atoms with E-state index in [4.69, 9.17) is 11.6 Å². The summed E-state index contributed by atoms with van der Waals surface area (Å²) < 4.78 is 3.04. The first kappa shape index (κ1) is 18.2. The number of nitrogens with zero attached hydrogens (tertiary/aromatic N) is 3. The zero-order chi connectivity index (χ0) is 18.8. The summed E-state index contributed by atoms with van der Waals surface area (Å²) in [6.45, 7) is 0.0313. The average molecular weight is 402 g/mol. The first-order valence-electron chi connectivity index (χ1n) is 9.11. The Bertz CT molecular complexity index is 985. The molecule has 4 rings (SSSR count). The van der Waals surface area contributed by atoms with Gasteiger partial charge in [-0.3, -0.25) is 9.36 Å². The Labute approximate surface area is 166 Å². The highest BCUT2D eigenvalue weighted by atomic mass is 35.5. The highest BCUT2D eigenvalue weighted by Gasteiger charge is 2.30. The van der Waals surface area contributed by atoms with Crippen LogP contribution in [0.2, 0.25) is 5.02 Å². The van der Waals surface area contributed by atoms with Crippen molar-refractivity contribution in [2.75, 3.05) is 0 Å². The topological polar surface area (TPSA) is 56.9 Å². The molecule has 0 bridgehead atoms. The van der Waals surface area contributed by atoms with E-state index in [1.54, 1.807) is 28.0 Å². The van der Waals surface area contributed by atoms with Gasteiger partial charge in [0.15, 0.2) is 11.6 Å². The standard InChI is InChI=1S/C20H20ClN3O2S/c21-15-8-6-14(7-9-15)19-22-23(20(26)24(19)16-10-11-16)13-17(25)3-1-4-18-5-2-12-27-18/h2,5-9,12,16H,1,3-4,10-11,13H2. The van der Waals surface area contributed by atoms with Crippen molar-refractivity contribution in [2.45, 2.75) is 44.7 Å². The van der Waals surface area contributed by atoms with Crippen LogP contribution in [0.5, 0.6) is 0 Å². The van der Waals surface area contributed by atoms with Gasteiger partial charge in [-0.2, -0.15) is 0 Å². The number of hydrogen-bond acceptors (Lipinski definition) is 4. The predicted octanol–water partition coefficient (Wildman–Crippen LogP) is 4.35. The van der Waals surface area contributed by atoms with Crippen LogP contribution in [0.4, 0.5) is 0 Å². The van der Waals surface area contributed by atoms with Gasteiger partial charge in [0.25, 0.3) is 0 Å². The van der Waals surface area contributed by atoms with Crippen LogP contribution in [0.1, 0.15) is 36.6 Å². The van der Waals surface area contributed by atoms with Crippen molar-refractivity contribution in [2.24, 2.45) is 0 Å². The third kappa shape index (κ3) is 4.22. The van der Waals surface area contributed by atoms with Gasteiger partial charge in [-0.25, -0.2) is 9.48 Å². The molecule has 0 N–H and O–H groups in total. The van der Waals surface area contributed by atoms with E-state index >= 15 is 0 Å². The lowest BCUT2D eigenvalue weighted by Gasteiger charge is -2.03. The average Bonchev–Trinajstić information content (AvgIpc) is 3.25. The molecule has 0 atom stereocenters. The van der Waals surface area contributed by atoms with E-state index in [9.17, 15) is 9.59 Å². The molecule has 7 heteroatoms. The van der Waals surface area contributed by atoms with Gasteiger partial charge in [-0.15, -0.1) is 16.4 Å². The van der Waals surface area contributed by atoms with Gasteiger partial charge in [0.05, 0.1) is 0 Å². The van der Waals surface area contributed by atoms with Crippen molar-refractivity contribution in [3.05, 3.63) is 62.2 Å². The summed E-state index contributed by atoms with van der Waals surface area (Å²) in [6.07, 6.45) is 4.09. The Morgan fingerprint density at radius 1 is 1.22 bits per heavy atom. The van der Waals surface area contributed by atoms with Crippen LogP contribution >= 0.6 is 22.9 Å². The van der Waals surface area contributed by atoms with Gasteiger partial charge in [0.1, 0.15) is 6.54 Å². The van der Waals surface area contributed by atoms with Crippen molar-refractivity contribution in [3.63, 3.8) is 0 Å². The summed E-state index contributed by atoms with van der Waals surface area (Å²) >= 11 is 7.67. The molecular weight excluding hydrogens is 382 g/mol. The Morgan fingerprint density at radius 3 is 2.67 bits per heavy atom. The molecule has 0 aliphatic heterocycles. The van der Waals surface area contributed by atoms with E-state index in [0.717, 1.165) is 31.2 Å². The molecule has 0 saturated heterocycles. The summed E-state index contributed by atoms with van der Waals surface area (Å²) in [5, 5.41) is 7.15. The SMILES string of the molecule is O=C(CCCc1cccs1)Cn1nc(-c2ccc(Cl)cc2)n(C2CC2)c1=O.